The summed E-state index contributed by atoms with van der Waals surface area (Å²) in [4.78, 5) is 3.85. The zero-order chi connectivity index (χ0) is 18.4. The molecule has 1 aromatic rings. The van der Waals surface area contributed by atoms with Crippen LogP contribution < -0.4 is 5.32 Å². The van der Waals surface area contributed by atoms with Gasteiger partial charge in [0.25, 0.3) is 0 Å². The Bertz CT molecular complexity index is 669. The van der Waals surface area contributed by atoms with Gasteiger partial charge >= 0.3 is 0 Å². The molecule has 2 saturated heterocycles. The molecule has 2 aliphatic heterocycles. The van der Waals surface area contributed by atoms with Crippen LogP contribution in [0.2, 0.25) is 0 Å². The highest BCUT2D eigenvalue weighted by Crippen LogP contribution is 2.26. The lowest BCUT2D eigenvalue weighted by molar-refractivity contribution is 0.188. The number of hydrogen-bond donors (Lipinski definition) is 1. The summed E-state index contributed by atoms with van der Waals surface area (Å²) < 4.78 is 28.7. The van der Waals surface area contributed by atoms with Gasteiger partial charge in [0.1, 0.15) is 0 Å². The molecule has 26 heavy (non-hydrogen) atoms. The van der Waals surface area contributed by atoms with Crippen LogP contribution in [0.3, 0.4) is 0 Å². The first-order valence-electron chi connectivity index (χ1n) is 9.70. The Hall–Kier alpha value is -0.600. The minimum absolute atomic E-state index is 0.101. The molecule has 0 saturated carbocycles. The Morgan fingerprint density at radius 2 is 1.92 bits per heavy atom. The van der Waals surface area contributed by atoms with E-state index in [1.165, 1.54) is 19.3 Å². The van der Waals surface area contributed by atoms with Gasteiger partial charge in [-0.05, 0) is 76.3 Å². The molecule has 0 bridgehead atoms. The highest BCUT2D eigenvalue weighted by Gasteiger charge is 2.32. The standard InChI is InChI=1S/C19H31N3O2S2/c1-25-18-6-5-7-19(16-18)26(23,24)22(17-8-10-20-11-9-17)15-14-21-12-3-2-4-13-21/h5-7,16-17,20H,2-4,8-15H2,1H3. The average molecular weight is 398 g/mol. The molecular weight excluding hydrogens is 366 g/mol. The average Bonchev–Trinajstić information content (AvgIpc) is 2.69. The molecule has 0 spiro atoms. The van der Waals surface area contributed by atoms with Crippen molar-refractivity contribution >= 4 is 21.8 Å². The molecule has 0 aliphatic carbocycles. The first-order chi connectivity index (χ1) is 12.6. The van der Waals surface area contributed by atoms with Gasteiger partial charge in [-0.3, -0.25) is 0 Å². The fraction of sp³-hybridized carbons (Fsp3) is 0.684. The lowest BCUT2D eigenvalue weighted by atomic mass is 10.1. The van der Waals surface area contributed by atoms with Gasteiger partial charge in [0.15, 0.2) is 0 Å². The van der Waals surface area contributed by atoms with Crippen LogP contribution in [0.15, 0.2) is 34.1 Å². The molecule has 2 fully saturated rings. The fourth-order valence-electron chi connectivity index (χ4n) is 3.91. The highest BCUT2D eigenvalue weighted by molar-refractivity contribution is 7.98. The van der Waals surface area contributed by atoms with Gasteiger partial charge in [-0.25, -0.2) is 8.42 Å². The Kier molecular flexibility index (Phi) is 7.40. The van der Waals surface area contributed by atoms with Crippen molar-refractivity contribution < 1.29 is 8.42 Å². The second-order valence-electron chi connectivity index (χ2n) is 7.18. The quantitative estimate of drug-likeness (QED) is 0.717. The van der Waals surface area contributed by atoms with E-state index in [-0.39, 0.29) is 6.04 Å². The molecule has 1 N–H and O–H groups in total. The summed E-state index contributed by atoms with van der Waals surface area (Å²) in [5.41, 5.74) is 0. The molecular formula is C19H31N3O2S2. The molecule has 0 aromatic heterocycles. The van der Waals surface area contributed by atoms with Crippen LogP contribution in [-0.4, -0.2) is 69.2 Å². The van der Waals surface area contributed by atoms with E-state index >= 15 is 0 Å². The number of rotatable bonds is 7. The summed E-state index contributed by atoms with van der Waals surface area (Å²) in [6.45, 7) is 5.42. The molecule has 1 aromatic carbocycles. The third-order valence-corrected chi connectivity index (χ3v) is 8.12. The van der Waals surface area contributed by atoms with E-state index in [1.807, 2.05) is 24.5 Å². The molecule has 0 radical (unpaired) electrons. The molecule has 0 atom stereocenters. The van der Waals surface area contributed by atoms with E-state index in [1.54, 1.807) is 22.1 Å². The van der Waals surface area contributed by atoms with Crippen LogP contribution in [0.1, 0.15) is 32.1 Å². The molecule has 2 aliphatic rings. The second kappa shape index (κ2) is 9.55. The fourth-order valence-corrected chi connectivity index (χ4v) is 6.17. The van der Waals surface area contributed by atoms with Crippen LogP contribution in [0.4, 0.5) is 0 Å². The van der Waals surface area contributed by atoms with Crippen molar-refractivity contribution in [2.75, 3.05) is 45.5 Å². The Morgan fingerprint density at radius 3 is 2.62 bits per heavy atom. The van der Waals surface area contributed by atoms with Crippen molar-refractivity contribution in [3.63, 3.8) is 0 Å². The van der Waals surface area contributed by atoms with Crippen LogP contribution in [0, 0.1) is 0 Å². The number of piperidine rings is 2. The SMILES string of the molecule is CSc1cccc(S(=O)(=O)N(CCN2CCCCC2)C2CCNCC2)c1. The van der Waals surface area contributed by atoms with Crippen molar-refractivity contribution in [2.24, 2.45) is 0 Å². The second-order valence-corrected chi connectivity index (χ2v) is 9.95. The smallest absolute Gasteiger partial charge is 0.243 e. The summed E-state index contributed by atoms with van der Waals surface area (Å²) in [5, 5.41) is 3.35. The number of nitrogens with zero attached hydrogens (tertiary/aromatic N) is 2. The molecule has 7 heteroatoms. The van der Waals surface area contributed by atoms with Gasteiger partial charge in [0.05, 0.1) is 4.90 Å². The van der Waals surface area contributed by atoms with Crippen LogP contribution in [0.25, 0.3) is 0 Å². The third kappa shape index (κ3) is 5.01. The molecule has 0 unspecified atom stereocenters. The summed E-state index contributed by atoms with van der Waals surface area (Å²) in [7, 11) is -3.47. The predicted molar refractivity (Wildman–Crippen MR) is 108 cm³/mol. The maximum absolute atomic E-state index is 13.5. The van der Waals surface area contributed by atoms with E-state index in [0.29, 0.717) is 11.4 Å². The maximum atomic E-state index is 13.5. The zero-order valence-electron chi connectivity index (χ0n) is 15.7. The first kappa shape index (κ1) is 20.1. The predicted octanol–water partition coefficient (Wildman–Crippen LogP) is 2.64. The Morgan fingerprint density at radius 1 is 1.19 bits per heavy atom. The van der Waals surface area contributed by atoms with E-state index in [9.17, 15) is 8.42 Å². The minimum atomic E-state index is -3.47. The summed E-state index contributed by atoms with van der Waals surface area (Å²) >= 11 is 1.58. The first-order valence-corrected chi connectivity index (χ1v) is 12.4. The summed E-state index contributed by atoms with van der Waals surface area (Å²) in [6, 6.07) is 7.47. The maximum Gasteiger partial charge on any atom is 0.243 e. The van der Waals surface area contributed by atoms with Crippen molar-refractivity contribution in [1.82, 2.24) is 14.5 Å². The van der Waals surface area contributed by atoms with Crippen LogP contribution in [0.5, 0.6) is 0 Å². The molecule has 2 heterocycles. The monoisotopic (exact) mass is 397 g/mol. The summed E-state index contributed by atoms with van der Waals surface area (Å²) in [5.74, 6) is 0. The topological polar surface area (TPSA) is 52.7 Å². The third-order valence-electron chi connectivity index (χ3n) is 5.45. The van der Waals surface area contributed by atoms with Gasteiger partial charge in [-0.2, -0.15) is 4.31 Å². The lowest BCUT2D eigenvalue weighted by Crippen LogP contribution is -2.49. The zero-order valence-corrected chi connectivity index (χ0v) is 17.3. The van der Waals surface area contributed by atoms with Crippen molar-refractivity contribution in [3.8, 4) is 0 Å². The van der Waals surface area contributed by atoms with Gasteiger partial charge in [0, 0.05) is 24.0 Å². The minimum Gasteiger partial charge on any atom is -0.317 e. The van der Waals surface area contributed by atoms with Crippen molar-refractivity contribution in [2.45, 2.75) is 47.9 Å². The van der Waals surface area contributed by atoms with E-state index in [2.05, 4.69) is 10.2 Å². The van der Waals surface area contributed by atoms with E-state index < -0.39 is 10.0 Å². The van der Waals surface area contributed by atoms with Gasteiger partial charge in [0.2, 0.25) is 10.0 Å². The number of hydrogen-bond acceptors (Lipinski definition) is 5. The molecule has 146 valence electrons. The molecule has 0 amide bonds. The Balaban J connectivity index is 1.80. The highest BCUT2D eigenvalue weighted by atomic mass is 32.2. The normalized spacial score (nSPS) is 20.5. The number of nitrogens with one attached hydrogen (secondary N) is 1. The number of thioether (sulfide) groups is 1. The molecule has 3 rings (SSSR count). The lowest BCUT2D eigenvalue weighted by Gasteiger charge is -2.36. The van der Waals surface area contributed by atoms with Gasteiger partial charge < -0.3 is 10.2 Å². The summed E-state index contributed by atoms with van der Waals surface area (Å²) in [6.07, 6.45) is 7.52. The number of likely N-dealkylation sites (tertiary alicyclic amines) is 1. The van der Waals surface area contributed by atoms with E-state index in [4.69, 9.17) is 0 Å². The van der Waals surface area contributed by atoms with Gasteiger partial charge in [-0.15, -0.1) is 11.8 Å². The van der Waals surface area contributed by atoms with Gasteiger partial charge in [-0.1, -0.05) is 12.5 Å². The number of sulfonamides is 1. The largest absolute Gasteiger partial charge is 0.317 e. The van der Waals surface area contributed by atoms with Crippen LogP contribution >= 0.6 is 11.8 Å². The Labute approximate surface area is 162 Å². The van der Waals surface area contributed by atoms with Crippen LogP contribution in [-0.2, 0) is 10.0 Å². The van der Waals surface area contributed by atoms with Crippen molar-refractivity contribution in [1.29, 1.82) is 0 Å². The number of benzene rings is 1. The van der Waals surface area contributed by atoms with Crippen molar-refractivity contribution in [3.05, 3.63) is 24.3 Å². The van der Waals surface area contributed by atoms with E-state index in [0.717, 1.165) is 50.5 Å². The molecule has 5 nitrogen and oxygen atoms in total.